The first kappa shape index (κ1) is 28.9. The molecule has 2 heterocycles. The van der Waals surface area contributed by atoms with Gasteiger partial charge in [-0.2, -0.15) is 0 Å². The Labute approximate surface area is 237 Å². The molecule has 0 saturated carbocycles. The number of carboxylic acids is 1. The van der Waals surface area contributed by atoms with Gasteiger partial charge in [-0.25, -0.2) is 9.59 Å². The molecular weight excluding hydrogens is 528 g/mol. The van der Waals surface area contributed by atoms with E-state index in [-0.39, 0.29) is 12.0 Å². The zero-order valence-corrected chi connectivity index (χ0v) is 22.8. The number of carbonyl (C=O) groups is 4. The molecule has 12 nitrogen and oxygen atoms in total. The Bertz CT molecular complexity index is 1410. The minimum absolute atomic E-state index is 0.229. The maximum atomic E-state index is 13.3. The maximum Gasteiger partial charge on any atom is 0.409 e. The molecule has 1 aliphatic rings. The number of piperazine rings is 1. The fraction of sp³-hybridized carbons (Fsp3) is 0.276. The highest BCUT2D eigenvalue weighted by atomic mass is 16.5. The SMILES string of the molecule is COC(=O)N1CCN(c2ccc(C(=O)NC(CC(=O)O)c3cccnc3)cc2NC(=O)Nc2cccc(C)c2)CC1. The Kier molecular flexibility index (Phi) is 9.35. The van der Waals surface area contributed by atoms with E-state index in [0.29, 0.717) is 48.8 Å². The van der Waals surface area contributed by atoms with Crippen LogP contribution < -0.4 is 20.9 Å². The zero-order chi connectivity index (χ0) is 29.4. The zero-order valence-electron chi connectivity index (χ0n) is 22.8. The Hall–Kier alpha value is -5.13. The molecule has 214 valence electrons. The molecule has 0 radical (unpaired) electrons. The molecule has 12 heteroatoms. The maximum absolute atomic E-state index is 13.3. The molecular formula is C29H32N6O6. The van der Waals surface area contributed by atoms with Crippen molar-refractivity contribution < 1.29 is 29.0 Å². The number of methoxy groups -OCH3 is 1. The summed E-state index contributed by atoms with van der Waals surface area (Å²) in [6.45, 7) is 3.73. The third-order valence-corrected chi connectivity index (χ3v) is 6.61. The van der Waals surface area contributed by atoms with Gasteiger partial charge in [0.15, 0.2) is 0 Å². The summed E-state index contributed by atoms with van der Waals surface area (Å²) in [5.74, 6) is -1.58. The van der Waals surface area contributed by atoms with E-state index in [1.807, 2.05) is 30.0 Å². The van der Waals surface area contributed by atoms with Gasteiger partial charge in [0.25, 0.3) is 5.91 Å². The first-order chi connectivity index (χ1) is 19.7. The van der Waals surface area contributed by atoms with Crippen LogP contribution >= 0.6 is 0 Å². The fourth-order valence-corrected chi connectivity index (χ4v) is 4.57. The lowest BCUT2D eigenvalue weighted by Gasteiger charge is -2.36. The second kappa shape index (κ2) is 13.3. The number of nitrogens with zero attached hydrogens (tertiary/aromatic N) is 3. The number of aliphatic carboxylic acids is 1. The lowest BCUT2D eigenvalue weighted by Crippen LogP contribution is -2.49. The first-order valence-electron chi connectivity index (χ1n) is 13.0. The smallest absolute Gasteiger partial charge is 0.409 e. The summed E-state index contributed by atoms with van der Waals surface area (Å²) in [4.78, 5) is 57.3. The van der Waals surface area contributed by atoms with Crippen molar-refractivity contribution in [1.29, 1.82) is 0 Å². The Morgan fingerprint density at radius 1 is 1.00 bits per heavy atom. The number of carboxylic acid groups (broad SMARTS) is 1. The number of urea groups is 1. The van der Waals surface area contributed by atoms with Crippen molar-refractivity contribution in [3.05, 3.63) is 83.7 Å². The van der Waals surface area contributed by atoms with Crippen LogP contribution in [0, 0.1) is 6.92 Å². The molecule has 1 saturated heterocycles. The summed E-state index contributed by atoms with van der Waals surface area (Å²) in [6.07, 6.45) is 2.33. The van der Waals surface area contributed by atoms with Gasteiger partial charge in [-0.05, 0) is 54.4 Å². The topological polar surface area (TPSA) is 153 Å². The van der Waals surface area contributed by atoms with Crippen molar-refractivity contribution in [2.24, 2.45) is 0 Å². The normalized spacial score (nSPS) is 13.6. The van der Waals surface area contributed by atoms with E-state index in [0.717, 1.165) is 5.56 Å². The van der Waals surface area contributed by atoms with Gasteiger partial charge in [-0.1, -0.05) is 18.2 Å². The van der Waals surface area contributed by atoms with E-state index in [1.165, 1.54) is 13.3 Å². The first-order valence-corrected chi connectivity index (χ1v) is 13.0. The van der Waals surface area contributed by atoms with Crippen LogP contribution in [-0.4, -0.2) is 72.3 Å². The molecule has 1 unspecified atom stereocenters. The van der Waals surface area contributed by atoms with Crippen molar-refractivity contribution in [3.8, 4) is 0 Å². The number of pyridine rings is 1. The van der Waals surface area contributed by atoms with Crippen LogP contribution in [-0.2, 0) is 9.53 Å². The lowest BCUT2D eigenvalue weighted by molar-refractivity contribution is -0.137. The van der Waals surface area contributed by atoms with Crippen LogP contribution in [0.2, 0.25) is 0 Å². The van der Waals surface area contributed by atoms with Gasteiger partial charge in [-0.3, -0.25) is 14.6 Å². The van der Waals surface area contributed by atoms with Crippen molar-refractivity contribution in [1.82, 2.24) is 15.2 Å². The lowest BCUT2D eigenvalue weighted by atomic mass is 10.0. The fourth-order valence-electron chi connectivity index (χ4n) is 4.57. The van der Waals surface area contributed by atoms with E-state index in [2.05, 4.69) is 20.9 Å². The summed E-state index contributed by atoms with van der Waals surface area (Å²) in [7, 11) is 1.34. The Morgan fingerprint density at radius 2 is 1.78 bits per heavy atom. The van der Waals surface area contributed by atoms with Gasteiger partial charge < -0.3 is 35.6 Å². The average Bonchev–Trinajstić information content (AvgIpc) is 2.96. The van der Waals surface area contributed by atoms with Gasteiger partial charge in [0.1, 0.15) is 0 Å². The predicted octanol–water partition coefficient (Wildman–Crippen LogP) is 3.87. The van der Waals surface area contributed by atoms with E-state index < -0.39 is 30.0 Å². The van der Waals surface area contributed by atoms with Crippen molar-refractivity contribution >= 4 is 41.1 Å². The molecule has 41 heavy (non-hydrogen) atoms. The molecule has 3 aromatic rings. The average molecular weight is 561 g/mol. The third kappa shape index (κ3) is 7.72. The highest BCUT2D eigenvalue weighted by Crippen LogP contribution is 2.29. The molecule has 1 aliphatic heterocycles. The van der Waals surface area contributed by atoms with Crippen molar-refractivity contribution in [2.75, 3.05) is 48.8 Å². The number of hydrogen-bond acceptors (Lipinski definition) is 7. The van der Waals surface area contributed by atoms with Crippen molar-refractivity contribution in [3.63, 3.8) is 0 Å². The van der Waals surface area contributed by atoms with Crippen LogP contribution in [0.25, 0.3) is 0 Å². The van der Waals surface area contributed by atoms with Crippen LogP contribution in [0.4, 0.5) is 26.7 Å². The summed E-state index contributed by atoms with van der Waals surface area (Å²) < 4.78 is 4.82. The molecule has 4 rings (SSSR count). The number of hydrogen-bond donors (Lipinski definition) is 4. The van der Waals surface area contributed by atoms with Crippen LogP contribution in [0.5, 0.6) is 0 Å². The highest BCUT2D eigenvalue weighted by molar-refractivity contribution is 6.04. The van der Waals surface area contributed by atoms with Gasteiger partial charge in [0.05, 0.1) is 30.9 Å². The van der Waals surface area contributed by atoms with Gasteiger partial charge in [-0.15, -0.1) is 0 Å². The van der Waals surface area contributed by atoms with Crippen LogP contribution in [0.1, 0.15) is 33.9 Å². The van der Waals surface area contributed by atoms with Crippen LogP contribution in [0.15, 0.2) is 67.0 Å². The van der Waals surface area contributed by atoms with Gasteiger partial charge in [0.2, 0.25) is 0 Å². The quantitative estimate of drug-likeness (QED) is 0.324. The highest BCUT2D eigenvalue weighted by Gasteiger charge is 2.25. The minimum Gasteiger partial charge on any atom is -0.481 e. The molecule has 0 spiro atoms. The molecule has 1 atom stereocenters. The minimum atomic E-state index is -1.07. The summed E-state index contributed by atoms with van der Waals surface area (Å²) in [6, 6.07) is 14.3. The van der Waals surface area contributed by atoms with Crippen molar-refractivity contribution in [2.45, 2.75) is 19.4 Å². The second-order valence-corrected chi connectivity index (χ2v) is 9.53. The van der Waals surface area contributed by atoms with Crippen LogP contribution in [0.3, 0.4) is 0 Å². The second-order valence-electron chi connectivity index (χ2n) is 9.53. The number of carbonyl (C=O) groups excluding carboxylic acids is 3. The molecule has 1 fully saturated rings. The number of rotatable bonds is 8. The molecule has 4 N–H and O–H groups in total. The summed E-state index contributed by atoms with van der Waals surface area (Å²) in [5, 5.41) is 17.8. The Morgan fingerprint density at radius 3 is 2.44 bits per heavy atom. The number of ether oxygens (including phenoxy) is 1. The van der Waals surface area contributed by atoms with E-state index >= 15 is 0 Å². The number of nitrogens with one attached hydrogen (secondary N) is 3. The molecule has 0 bridgehead atoms. The number of aryl methyl sites for hydroxylation is 1. The number of amides is 4. The van der Waals surface area contributed by atoms with E-state index in [9.17, 15) is 24.3 Å². The molecule has 1 aromatic heterocycles. The monoisotopic (exact) mass is 560 g/mol. The Balaban J connectivity index is 1.58. The molecule has 2 aromatic carbocycles. The number of aromatic nitrogens is 1. The summed E-state index contributed by atoms with van der Waals surface area (Å²) >= 11 is 0. The van der Waals surface area contributed by atoms with Gasteiger partial charge >= 0.3 is 18.1 Å². The van der Waals surface area contributed by atoms with Gasteiger partial charge in [0, 0.05) is 49.8 Å². The van der Waals surface area contributed by atoms with E-state index in [4.69, 9.17) is 4.74 Å². The standard InChI is InChI=1S/C29H32N6O6/c1-19-5-3-7-22(15-19)31-28(39)33-24-16-20(8-9-25(24)34-11-13-35(14-12-34)29(40)41-2)27(38)32-23(17-26(36)37)21-6-4-10-30-18-21/h3-10,15-16,18,23H,11-14,17H2,1-2H3,(H,32,38)(H,36,37)(H2,31,33,39). The third-order valence-electron chi connectivity index (χ3n) is 6.61. The predicted molar refractivity (Wildman–Crippen MR) is 153 cm³/mol. The number of anilines is 3. The van der Waals surface area contributed by atoms with E-state index in [1.54, 1.807) is 47.5 Å². The molecule has 0 aliphatic carbocycles. The largest absolute Gasteiger partial charge is 0.481 e. The number of benzene rings is 2. The summed E-state index contributed by atoms with van der Waals surface area (Å²) in [5.41, 5.74) is 3.42. The molecule has 4 amide bonds.